The van der Waals surface area contributed by atoms with E-state index in [1.165, 1.54) is 0 Å². The maximum atomic E-state index is 12.1. The minimum Gasteiger partial charge on any atom is -0.492 e. The highest BCUT2D eigenvalue weighted by Gasteiger charge is 2.27. The molecule has 4 heteroatoms. The Bertz CT molecular complexity index is 523. The van der Waals surface area contributed by atoms with E-state index >= 15 is 0 Å². The zero-order valence-corrected chi connectivity index (χ0v) is 12.1. The molecule has 3 rings (SSSR count). The average Bonchev–Trinajstić information content (AvgIpc) is 2.66. The van der Waals surface area contributed by atoms with Crippen LogP contribution < -0.4 is 14.8 Å². The second-order valence-electron chi connectivity index (χ2n) is 5.64. The van der Waals surface area contributed by atoms with E-state index in [0.717, 1.165) is 48.4 Å². The third-order valence-corrected chi connectivity index (χ3v) is 4.03. The molecule has 1 aromatic carbocycles. The molecular weight excluding hydrogens is 254 g/mol. The summed E-state index contributed by atoms with van der Waals surface area (Å²) < 4.78 is 11.4. The van der Waals surface area contributed by atoms with Gasteiger partial charge in [-0.25, -0.2) is 0 Å². The SMILES string of the molecule is CCOc1cc2c(cc1NC(=O)C1CCC1)O[C@H](C)C2. The van der Waals surface area contributed by atoms with E-state index in [1.54, 1.807) is 0 Å². The van der Waals surface area contributed by atoms with Crippen LogP contribution >= 0.6 is 0 Å². The summed E-state index contributed by atoms with van der Waals surface area (Å²) in [5, 5.41) is 3.00. The Morgan fingerprint density at radius 2 is 2.25 bits per heavy atom. The molecular formula is C16H21NO3. The number of carbonyl (C=O) groups excluding carboxylic acids is 1. The highest BCUT2D eigenvalue weighted by molar-refractivity contribution is 5.94. The normalized spacial score (nSPS) is 20.8. The molecule has 20 heavy (non-hydrogen) atoms. The predicted molar refractivity (Wildman–Crippen MR) is 77.4 cm³/mol. The van der Waals surface area contributed by atoms with Crippen LogP contribution in [0.3, 0.4) is 0 Å². The minimum atomic E-state index is 0.100. The van der Waals surface area contributed by atoms with Gasteiger partial charge in [-0.1, -0.05) is 6.42 Å². The van der Waals surface area contributed by atoms with Crippen molar-refractivity contribution in [3.8, 4) is 11.5 Å². The van der Waals surface area contributed by atoms with Crippen LogP contribution in [0.5, 0.6) is 11.5 Å². The van der Waals surface area contributed by atoms with Crippen molar-refractivity contribution in [1.29, 1.82) is 0 Å². The first-order valence-corrected chi connectivity index (χ1v) is 7.44. The molecule has 0 bridgehead atoms. The van der Waals surface area contributed by atoms with Gasteiger partial charge < -0.3 is 14.8 Å². The number of rotatable bonds is 4. The largest absolute Gasteiger partial charge is 0.492 e. The second-order valence-corrected chi connectivity index (χ2v) is 5.64. The molecule has 1 aromatic rings. The van der Waals surface area contributed by atoms with E-state index in [1.807, 2.05) is 26.0 Å². The summed E-state index contributed by atoms with van der Waals surface area (Å²) in [4.78, 5) is 12.1. The number of nitrogens with one attached hydrogen (secondary N) is 1. The molecule has 2 aliphatic rings. The highest BCUT2D eigenvalue weighted by atomic mass is 16.5. The van der Waals surface area contributed by atoms with Crippen LogP contribution in [0.1, 0.15) is 38.7 Å². The van der Waals surface area contributed by atoms with E-state index in [-0.39, 0.29) is 17.9 Å². The number of hydrogen-bond donors (Lipinski definition) is 1. The quantitative estimate of drug-likeness (QED) is 0.918. The first kappa shape index (κ1) is 13.3. The van der Waals surface area contributed by atoms with E-state index in [2.05, 4.69) is 5.32 Å². The number of benzene rings is 1. The molecule has 0 unspecified atom stereocenters. The highest BCUT2D eigenvalue weighted by Crippen LogP contribution is 2.38. The van der Waals surface area contributed by atoms with E-state index in [4.69, 9.17) is 9.47 Å². The first-order valence-electron chi connectivity index (χ1n) is 7.44. The van der Waals surface area contributed by atoms with Gasteiger partial charge in [0.1, 0.15) is 17.6 Å². The van der Waals surface area contributed by atoms with Crippen LogP contribution in [0.2, 0.25) is 0 Å². The predicted octanol–water partition coefficient (Wildman–Crippen LogP) is 3.15. The average molecular weight is 275 g/mol. The van der Waals surface area contributed by atoms with Crippen LogP contribution in [0.25, 0.3) is 0 Å². The molecule has 1 atom stereocenters. The van der Waals surface area contributed by atoms with E-state index in [0.29, 0.717) is 6.61 Å². The van der Waals surface area contributed by atoms with Crippen LogP contribution in [-0.2, 0) is 11.2 Å². The summed E-state index contributed by atoms with van der Waals surface area (Å²) in [5.74, 6) is 1.88. The maximum absolute atomic E-state index is 12.1. The minimum absolute atomic E-state index is 0.100. The molecule has 1 amide bonds. The van der Waals surface area contributed by atoms with Crippen LogP contribution in [-0.4, -0.2) is 18.6 Å². The van der Waals surface area contributed by atoms with Gasteiger partial charge in [-0.05, 0) is 32.8 Å². The van der Waals surface area contributed by atoms with Gasteiger partial charge in [0.2, 0.25) is 5.91 Å². The van der Waals surface area contributed by atoms with Crippen molar-refractivity contribution >= 4 is 11.6 Å². The lowest BCUT2D eigenvalue weighted by molar-refractivity contribution is -0.122. The molecule has 1 aliphatic carbocycles. The Kier molecular flexibility index (Phi) is 3.55. The topological polar surface area (TPSA) is 47.6 Å². The number of anilines is 1. The lowest BCUT2D eigenvalue weighted by atomic mass is 9.85. The number of carbonyl (C=O) groups is 1. The van der Waals surface area contributed by atoms with Crippen LogP contribution in [0.4, 0.5) is 5.69 Å². The molecule has 1 fully saturated rings. The summed E-state index contributed by atoms with van der Waals surface area (Å²) in [6.45, 7) is 4.58. The molecule has 108 valence electrons. The zero-order chi connectivity index (χ0) is 14.1. The molecule has 0 aromatic heterocycles. The zero-order valence-electron chi connectivity index (χ0n) is 12.1. The Labute approximate surface area is 119 Å². The molecule has 0 radical (unpaired) electrons. The Balaban J connectivity index is 1.84. The summed E-state index contributed by atoms with van der Waals surface area (Å²) in [6, 6.07) is 3.90. The van der Waals surface area contributed by atoms with Crippen LogP contribution in [0.15, 0.2) is 12.1 Å². The Morgan fingerprint density at radius 1 is 1.45 bits per heavy atom. The summed E-state index contributed by atoms with van der Waals surface area (Å²) in [6.07, 6.45) is 4.23. The smallest absolute Gasteiger partial charge is 0.227 e. The summed E-state index contributed by atoms with van der Waals surface area (Å²) in [5.41, 5.74) is 1.89. The van der Waals surface area contributed by atoms with Crippen molar-refractivity contribution in [1.82, 2.24) is 0 Å². The summed E-state index contributed by atoms with van der Waals surface area (Å²) >= 11 is 0. The number of amides is 1. The molecule has 1 saturated carbocycles. The van der Waals surface area contributed by atoms with Gasteiger partial charge in [-0.3, -0.25) is 4.79 Å². The monoisotopic (exact) mass is 275 g/mol. The number of hydrogen-bond acceptors (Lipinski definition) is 3. The lowest BCUT2D eigenvalue weighted by Crippen LogP contribution is -2.28. The molecule has 1 N–H and O–H groups in total. The van der Waals surface area contributed by atoms with Gasteiger partial charge in [0.15, 0.2) is 0 Å². The van der Waals surface area contributed by atoms with Crippen molar-refractivity contribution in [2.75, 3.05) is 11.9 Å². The molecule has 4 nitrogen and oxygen atoms in total. The fourth-order valence-electron chi connectivity index (χ4n) is 2.72. The fraction of sp³-hybridized carbons (Fsp3) is 0.562. The molecule has 0 saturated heterocycles. The van der Waals surface area contributed by atoms with Crippen molar-refractivity contribution in [2.24, 2.45) is 5.92 Å². The van der Waals surface area contributed by atoms with Gasteiger partial charge in [0.05, 0.1) is 12.3 Å². The Morgan fingerprint density at radius 3 is 2.90 bits per heavy atom. The van der Waals surface area contributed by atoms with E-state index < -0.39 is 0 Å². The van der Waals surface area contributed by atoms with E-state index in [9.17, 15) is 4.79 Å². The first-order chi connectivity index (χ1) is 9.67. The number of fused-ring (bicyclic) bond motifs is 1. The Hall–Kier alpha value is -1.71. The molecule has 1 aliphatic heterocycles. The van der Waals surface area contributed by atoms with Gasteiger partial charge in [-0.15, -0.1) is 0 Å². The molecule has 0 spiro atoms. The third kappa shape index (κ3) is 2.47. The standard InChI is InChI=1S/C16H21NO3/c1-3-19-15-8-12-7-10(2)20-14(12)9-13(15)17-16(18)11-5-4-6-11/h8-11H,3-7H2,1-2H3,(H,17,18)/t10-/m1/s1. The lowest BCUT2D eigenvalue weighted by Gasteiger charge is -2.24. The van der Waals surface area contributed by atoms with Crippen molar-refractivity contribution < 1.29 is 14.3 Å². The second kappa shape index (κ2) is 5.35. The summed E-state index contributed by atoms with van der Waals surface area (Å²) in [7, 11) is 0. The van der Waals surface area contributed by atoms with Crippen molar-refractivity contribution in [3.05, 3.63) is 17.7 Å². The van der Waals surface area contributed by atoms with Crippen LogP contribution in [0, 0.1) is 5.92 Å². The fourth-order valence-corrected chi connectivity index (χ4v) is 2.72. The number of ether oxygens (including phenoxy) is 2. The third-order valence-electron chi connectivity index (χ3n) is 4.03. The van der Waals surface area contributed by atoms with Gasteiger partial charge in [0, 0.05) is 24.0 Å². The molecule has 1 heterocycles. The van der Waals surface area contributed by atoms with Crippen molar-refractivity contribution in [3.63, 3.8) is 0 Å². The maximum Gasteiger partial charge on any atom is 0.227 e. The van der Waals surface area contributed by atoms with Gasteiger partial charge in [-0.2, -0.15) is 0 Å². The van der Waals surface area contributed by atoms with Gasteiger partial charge in [0.25, 0.3) is 0 Å². The van der Waals surface area contributed by atoms with Gasteiger partial charge >= 0.3 is 0 Å². The van der Waals surface area contributed by atoms with Crippen molar-refractivity contribution in [2.45, 2.75) is 45.6 Å².